The Labute approximate surface area is 123 Å². The zero-order valence-corrected chi connectivity index (χ0v) is 13.2. The van der Waals surface area contributed by atoms with E-state index in [1.807, 2.05) is 6.92 Å². The third kappa shape index (κ3) is 4.43. The molecule has 0 saturated heterocycles. The zero-order valence-electron chi connectivity index (χ0n) is 10.0. The highest BCUT2D eigenvalue weighted by Crippen LogP contribution is 2.28. The van der Waals surface area contributed by atoms with E-state index in [0.29, 0.717) is 6.54 Å². The number of unbranched alkanes of at least 4 members (excludes halogenated alkanes) is 1. The summed E-state index contributed by atoms with van der Waals surface area (Å²) < 4.78 is 36.2. The van der Waals surface area contributed by atoms with Crippen molar-refractivity contribution in [3.05, 3.63) is 28.0 Å². The van der Waals surface area contributed by atoms with Crippen molar-refractivity contribution in [2.75, 3.05) is 6.54 Å². The average molecular weight is 373 g/mol. The summed E-state index contributed by atoms with van der Waals surface area (Å²) in [4.78, 5) is 11.4. The molecule has 0 saturated carbocycles. The van der Waals surface area contributed by atoms with Crippen molar-refractivity contribution in [1.82, 2.24) is 5.32 Å². The Balaban J connectivity index is 3.11. The van der Waals surface area contributed by atoms with Crippen LogP contribution in [0.15, 0.2) is 21.5 Å². The molecule has 106 valence electrons. The molecular formula is C11H12BrClFNO3S. The third-order valence-corrected chi connectivity index (χ3v) is 4.63. The maximum Gasteiger partial charge on any atom is 0.262 e. The summed E-state index contributed by atoms with van der Waals surface area (Å²) in [5, 5.41) is 2.51. The van der Waals surface area contributed by atoms with Gasteiger partial charge in [-0.2, -0.15) is 0 Å². The molecule has 1 aromatic rings. The summed E-state index contributed by atoms with van der Waals surface area (Å²) in [6, 6.07) is 1.83. The van der Waals surface area contributed by atoms with Crippen molar-refractivity contribution in [1.29, 1.82) is 0 Å². The number of amides is 1. The maximum atomic E-state index is 13.6. The van der Waals surface area contributed by atoms with Gasteiger partial charge in [0, 0.05) is 21.7 Å². The highest BCUT2D eigenvalue weighted by atomic mass is 79.9. The summed E-state index contributed by atoms with van der Waals surface area (Å²) in [6.07, 6.45) is 1.63. The minimum atomic E-state index is -4.05. The minimum absolute atomic E-state index is 0.0230. The molecule has 1 N–H and O–H groups in total. The second kappa shape index (κ2) is 6.67. The molecule has 0 aliphatic carbocycles. The van der Waals surface area contributed by atoms with Gasteiger partial charge in [-0.05, 0) is 34.5 Å². The fourth-order valence-electron chi connectivity index (χ4n) is 1.36. The average Bonchev–Trinajstić information content (AvgIpc) is 2.27. The number of hydrogen-bond acceptors (Lipinski definition) is 3. The first-order valence-electron chi connectivity index (χ1n) is 5.49. The zero-order chi connectivity index (χ0) is 14.6. The number of benzene rings is 1. The van der Waals surface area contributed by atoms with Gasteiger partial charge in [0.1, 0.15) is 5.82 Å². The fraction of sp³-hybridized carbons (Fsp3) is 0.364. The Morgan fingerprint density at radius 1 is 1.47 bits per heavy atom. The van der Waals surface area contributed by atoms with E-state index in [1.165, 1.54) is 0 Å². The van der Waals surface area contributed by atoms with Gasteiger partial charge in [-0.3, -0.25) is 4.79 Å². The van der Waals surface area contributed by atoms with Crippen molar-refractivity contribution < 1.29 is 17.6 Å². The smallest absolute Gasteiger partial charge is 0.262 e. The monoisotopic (exact) mass is 371 g/mol. The molecule has 8 heteroatoms. The van der Waals surface area contributed by atoms with E-state index in [9.17, 15) is 17.6 Å². The predicted octanol–water partition coefficient (Wildman–Crippen LogP) is 3.05. The third-order valence-electron chi connectivity index (χ3n) is 2.34. The molecule has 0 bridgehead atoms. The normalized spacial score (nSPS) is 11.4. The van der Waals surface area contributed by atoms with E-state index in [-0.39, 0.29) is 14.9 Å². The van der Waals surface area contributed by atoms with Gasteiger partial charge in [0.2, 0.25) is 0 Å². The lowest BCUT2D eigenvalue weighted by molar-refractivity contribution is 0.0949. The van der Waals surface area contributed by atoms with Gasteiger partial charge < -0.3 is 5.32 Å². The molecule has 0 unspecified atom stereocenters. The van der Waals surface area contributed by atoms with Crippen LogP contribution < -0.4 is 5.32 Å². The highest BCUT2D eigenvalue weighted by Gasteiger charge is 2.21. The first-order chi connectivity index (χ1) is 8.77. The molecule has 0 aliphatic rings. The molecule has 1 amide bonds. The Bertz CT molecular complexity index is 592. The van der Waals surface area contributed by atoms with Crippen LogP contribution in [-0.2, 0) is 9.05 Å². The SMILES string of the molecule is CCCCNC(=O)c1cc(S(=O)(=O)Cl)c(Br)cc1F. The topological polar surface area (TPSA) is 63.2 Å². The van der Waals surface area contributed by atoms with Crippen molar-refractivity contribution in [3.63, 3.8) is 0 Å². The van der Waals surface area contributed by atoms with Gasteiger partial charge in [-0.25, -0.2) is 12.8 Å². The number of hydrogen-bond donors (Lipinski definition) is 1. The lowest BCUT2D eigenvalue weighted by Crippen LogP contribution is -2.25. The fourth-order valence-corrected chi connectivity index (χ4v) is 3.53. The molecule has 4 nitrogen and oxygen atoms in total. The van der Waals surface area contributed by atoms with E-state index in [1.54, 1.807) is 0 Å². The highest BCUT2D eigenvalue weighted by molar-refractivity contribution is 9.10. The van der Waals surface area contributed by atoms with Gasteiger partial charge in [0.15, 0.2) is 0 Å². The second-order valence-electron chi connectivity index (χ2n) is 3.81. The molecule has 0 radical (unpaired) electrons. The van der Waals surface area contributed by atoms with Gasteiger partial charge in [-0.1, -0.05) is 13.3 Å². The van der Waals surface area contributed by atoms with Crippen LogP contribution >= 0.6 is 26.6 Å². The van der Waals surface area contributed by atoms with Gasteiger partial charge in [-0.15, -0.1) is 0 Å². The van der Waals surface area contributed by atoms with Crippen LogP contribution in [0, 0.1) is 5.82 Å². The number of halogens is 3. The molecule has 0 aliphatic heterocycles. The van der Waals surface area contributed by atoms with Crippen molar-refractivity contribution in [2.24, 2.45) is 0 Å². The van der Waals surface area contributed by atoms with Gasteiger partial charge in [0.05, 0.1) is 10.5 Å². The maximum absolute atomic E-state index is 13.6. The molecule has 0 fully saturated rings. The van der Waals surface area contributed by atoms with E-state index in [4.69, 9.17) is 10.7 Å². The first kappa shape index (κ1) is 16.4. The van der Waals surface area contributed by atoms with Crippen LogP contribution in [0.4, 0.5) is 4.39 Å². The molecule has 1 rings (SSSR count). The Hall–Kier alpha value is -0.660. The van der Waals surface area contributed by atoms with E-state index < -0.39 is 20.8 Å². The summed E-state index contributed by atoms with van der Waals surface area (Å²) in [5.41, 5.74) is -0.349. The van der Waals surface area contributed by atoms with Crippen molar-refractivity contribution in [2.45, 2.75) is 24.7 Å². The van der Waals surface area contributed by atoms with Crippen molar-refractivity contribution >= 4 is 41.6 Å². The first-order valence-corrected chi connectivity index (χ1v) is 8.59. The molecule has 0 spiro atoms. The minimum Gasteiger partial charge on any atom is -0.352 e. The van der Waals surface area contributed by atoms with Crippen LogP contribution in [0.5, 0.6) is 0 Å². The predicted molar refractivity (Wildman–Crippen MR) is 74.4 cm³/mol. The van der Waals surface area contributed by atoms with Crippen molar-refractivity contribution in [3.8, 4) is 0 Å². The Morgan fingerprint density at radius 2 is 2.11 bits per heavy atom. The van der Waals surface area contributed by atoms with Crippen LogP contribution in [0.3, 0.4) is 0 Å². The van der Waals surface area contributed by atoms with Crippen LogP contribution in [-0.4, -0.2) is 20.9 Å². The number of nitrogens with one attached hydrogen (secondary N) is 1. The van der Waals surface area contributed by atoms with Gasteiger partial charge >= 0.3 is 0 Å². The Kier molecular flexibility index (Phi) is 5.76. The summed E-state index contributed by atoms with van der Waals surface area (Å²) in [5.74, 6) is -1.48. The molecule has 19 heavy (non-hydrogen) atoms. The summed E-state index contributed by atoms with van der Waals surface area (Å²) >= 11 is 2.89. The van der Waals surface area contributed by atoms with E-state index >= 15 is 0 Å². The van der Waals surface area contributed by atoms with Gasteiger partial charge in [0.25, 0.3) is 15.0 Å². The number of carbonyl (C=O) groups is 1. The van der Waals surface area contributed by atoms with Crippen LogP contribution in [0.25, 0.3) is 0 Å². The standard InChI is InChI=1S/C11H12BrClFNO3S/c1-2-3-4-15-11(16)7-5-10(19(13,17)18)8(12)6-9(7)14/h5-6H,2-4H2,1H3,(H,15,16). The van der Waals surface area contributed by atoms with Crippen LogP contribution in [0.1, 0.15) is 30.1 Å². The van der Waals surface area contributed by atoms with E-state index in [0.717, 1.165) is 25.0 Å². The largest absolute Gasteiger partial charge is 0.352 e. The summed E-state index contributed by atoms with van der Waals surface area (Å²) in [7, 11) is 1.15. The lowest BCUT2D eigenvalue weighted by atomic mass is 10.2. The number of rotatable bonds is 5. The molecule has 1 aromatic carbocycles. The van der Waals surface area contributed by atoms with E-state index in [2.05, 4.69) is 21.2 Å². The number of carbonyl (C=O) groups excluding carboxylic acids is 1. The lowest BCUT2D eigenvalue weighted by Gasteiger charge is -2.08. The molecular weight excluding hydrogens is 361 g/mol. The molecule has 0 heterocycles. The second-order valence-corrected chi connectivity index (χ2v) is 7.20. The van der Waals surface area contributed by atoms with Crippen LogP contribution in [0.2, 0.25) is 0 Å². The summed E-state index contributed by atoms with van der Waals surface area (Å²) in [6.45, 7) is 2.35. The quantitative estimate of drug-likeness (QED) is 0.638. The Morgan fingerprint density at radius 3 is 2.63 bits per heavy atom. The molecule has 0 atom stereocenters. The molecule has 0 aromatic heterocycles.